The van der Waals surface area contributed by atoms with Crippen molar-refractivity contribution in [1.82, 2.24) is 9.97 Å². The van der Waals surface area contributed by atoms with Crippen molar-refractivity contribution >= 4 is 32.8 Å². The molecule has 0 spiro atoms. The van der Waals surface area contributed by atoms with Gasteiger partial charge < -0.3 is 4.42 Å². The monoisotopic (exact) mass is 688 g/mol. The number of aromatic nitrogens is 2. The number of para-hydroxylation sites is 1. The van der Waals surface area contributed by atoms with E-state index in [1.54, 1.807) is 0 Å². The molecule has 1 aliphatic carbocycles. The summed E-state index contributed by atoms with van der Waals surface area (Å²) in [7, 11) is 0. The maximum Gasteiger partial charge on any atom is 0.160 e. The number of rotatable bonds is 5. The van der Waals surface area contributed by atoms with Crippen molar-refractivity contribution in [2.75, 3.05) is 0 Å². The highest BCUT2D eigenvalue weighted by Crippen LogP contribution is 2.57. The van der Waals surface area contributed by atoms with E-state index in [9.17, 15) is 0 Å². The molecule has 0 amide bonds. The molecule has 11 rings (SSSR count). The summed E-state index contributed by atoms with van der Waals surface area (Å²) >= 11 is 0. The first-order chi connectivity index (χ1) is 26.8. The first-order valence-corrected chi connectivity index (χ1v) is 18.4. The third-order valence-electron chi connectivity index (χ3n) is 11.2. The van der Waals surface area contributed by atoms with Crippen LogP contribution < -0.4 is 0 Å². The molecule has 0 radical (unpaired) electrons. The molecule has 0 saturated heterocycles. The van der Waals surface area contributed by atoms with Crippen LogP contribution in [0.3, 0.4) is 0 Å². The lowest BCUT2D eigenvalue weighted by Gasteiger charge is -2.33. The Kier molecular flexibility index (Phi) is 6.77. The Balaban J connectivity index is 1.09. The molecule has 0 N–H and O–H groups in total. The van der Waals surface area contributed by atoms with E-state index in [1.807, 2.05) is 12.1 Å². The second kappa shape index (κ2) is 12.0. The summed E-state index contributed by atoms with van der Waals surface area (Å²) < 4.78 is 6.70. The number of hydrogen-bond donors (Lipinski definition) is 0. The van der Waals surface area contributed by atoms with Crippen molar-refractivity contribution in [3.8, 4) is 44.9 Å². The van der Waals surface area contributed by atoms with Gasteiger partial charge in [0.2, 0.25) is 0 Å². The van der Waals surface area contributed by atoms with E-state index in [4.69, 9.17) is 14.4 Å². The quantitative estimate of drug-likeness (QED) is 0.181. The molecular weight excluding hydrogens is 657 g/mol. The van der Waals surface area contributed by atoms with Crippen LogP contribution in [0.4, 0.5) is 0 Å². The van der Waals surface area contributed by atoms with Crippen molar-refractivity contribution in [3.63, 3.8) is 0 Å². The van der Waals surface area contributed by atoms with Gasteiger partial charge in [0.05, 0.1) is 16.6 Å². The zero-order valence-corrected chi connectivity index (χ0v) is 29.3. The zero-order chi connectivity index (χ0) is 35.6. The SMILES string of the molecule is c1ccc(-c2ccc(-c3nc(-c4ccc5oc6cc7c(cc6c5c4)-c4ccccc4C7(c4ccccc4)c4ccccc4)nc4ccccc34)cc2)cc1. The van der Waals surface area contributed by atoms with Gasteiger partial charge in [-0.25, -0.2) is 9.97 Å². The zero-order valence-electron chi connectivity index (χ0n) is 29.3. The largest absolute Gasteiger partial charge is 0.456 e. The minimum Gasteiger partial charge on any atom is -0.456 e. The van der Waals surface area contributed by atoms with Crippen molar-refractivity contribution in [3.05, 3.63) is 216 Å². The van der Waals surface area contributed by atoms with Crippen LogP contribution in [0.2, 0.25) is 0 Å². The van der Waals surface area contributed by atoms with E-state index in [0.717, 1.165) is 49.7 Å². The summed E-state index contributed by atoms with van der Waals surface area (Å²) in [5.74, 6) is 0.686. The summed E-state index contributed by atoms with van der Waals surface area (Å²) in [4.78, 5) is 10.3. The van der Waals surface area contributed by atoms with Crippen LogP contribution in [0.25, 0.3) is 77.7 Å². The van der Waals surface area contributed by atoms with E-state index in [2.05, 4.69) is 182 Å². The summed E-state index contributed by atoms with van der Waals surface area (Å²) in [5.41, 5.74) is 14.9. The van der Waals surface area contributed by atoms with Gasteiger partial charge in [-0.1, -0.05) is 158 Å². The number of furan rings is 1. The smallest absolute Gasteiger partial charge is 0.160 e. The van der Waals surface area contributed by atoms with Gasteiger partial charge in [0.1, 0.15) is 11.2 Å². The van der Waals surface area contributed by atoms with Gasteiger partial charge in [-0.05, 0) is 80.9 Å². The first-order valence-electron chi connectivity index (χ1n) is 18.4. The van der Waals surface area contributed by atoms with Crippen LogP contribution in [-0.2, 0) is 5.41 Å². The molecule has 0 bridgehead atoms. The Morgan fingerprint density at radius 1 is 0.370 bits per heavy atom. The second-order valence-electron chi connectivity index (χ2n) is 14.1. The fourth-order valence-electron chi connectivity index (χ4n) is 8.73. The Bertz CT molecular complexity index is 2980. The average Bonchev–Trinajstić information content (AvgIpc) is 3.76. The summed E-state index contributed by atoms with van der Waals surface area (Å²) in [6.07, 6.45) is 0. The fourth-order valence-corrected chi connectivity index (χ4v) is 8.73. The van der Waals surface area contributed by atoms with Crippen LogP contribution in [0.5, 0.6) is 0 Å². The normalized spacial score (nSPS) is 13.0. The fraction of sp³-hybridized carbons (Fsp3) is 0.0196. The van der Waals surface area contributed by atoms with Gasteiger partial charge in [0.25, 0.3) is 0 Å². The molecule has 0 aliphatic heterocycles. The Morgan fingerprint density at radius 3 is 1.72 bits per heavy atom. The van der Waals surface area contributed by atoms with Crippen LogP contribution in [0.15, 0.2) is 199 Å². The van der Waals surface area contributed by atoms with Crippen molar-refractivity contribution in [2.24, 2.45) is 0 Å². The maximum absolute atomic E-state index is 6.70. The number of nitrogens with zero attached hydrogens (tertiary/aromatic N) is 2. The van der Waals surface area contributed by atoms with Gasteiger partial charge in [0.15, 0.2) is 5.82 Å². The number of benzene rings is 8. The second-order valence-corrected chi connectivity index (χ2v) is 14.1. The summed E-state index contributed by atoms with van der Waals surface area (Å²) in [6.45, 7) is 0. The lowest BCUT2D eigenvalue weighted by atomic mass is 9.67. The third-order valence-corrected chi connectivity index (χ3v) is 11.2. The highest BCUT2D eigenvalue weighted by molar-refractivity contribution is 6.09. The molecule has 8 aromatic carbocycles. The molecule has 2 aromatic heterocycles. The molecule has 1 aliphatic rings. The minimum absolute atomic E-state index is 0.485. The van der Waals surface area contributed by atoms with Crippen molar-refractivity contribution < 1.29 is 4.42 Å². The van der Waals surface area contributed by atoms with E-state index >= 15 is 0 Å². The van der Waals surface area contributed by atoms with Gasteiger partial charge in [-0.3, -0.25) is 0 Å². The molecule has 252 valence electrons. The Labute approximate surface area is 312 Å². The van der Waals surface area contributed by atoms with Gasteiger partial charge in [-0.15, -0.1) is 0 Å². The molecule has 0 atom stereocenters. The average molecular weight is 689 g/mol. The molecule has 0 saturated carbocycles. The van der Waals surface area contributed by atoms with Crippen LogP contribution >= 0.6 is 0 Å². The van der Waals surface area contributed by atoms with Gasteiger partial charge in [0, 0.05) is 27.3 Å². The van der Waals surface area contributed by atoms with Crippen LogP contribution in [0.1, 0.15) is 22.3 Å². The molecule has 10 aromatic rings. The molecule has 2 heterocycles. The molecule has 0 fully saturated rings. The van der Waals surface area contributed by atoms with Crippen LogP contribution in [0, 0.1) is 0 Å². The van der Waals surface area contributed by atoms with E-state index in [-0.39, 0.29) is 0 Å². The predicted molar refractivity (Wildman–Crippen MR) is 220 cm³/mol. The van der Waals surface area contributed by atoms with Gasteiger partial charge in [-0.2, -0.15) is 0 Å². The van der Waals surface area contributed by atoms with E-state index < -0.39 is 5.41 Å². The standard InChI is InChI=1S/C51H32N2O/c1-4-14-33(15-5-1)34-24-26-35(27-25-34)49-40-21-11-13-23-46(40)52-50(53-49)36-28-29-47-42(30-36)43-31-41-39-20-10-12-22-44(39)51(37-16-6-2-7-17-37,38-18-8-3-9-19-38)45(41)32-48(43)54-47/h1-32H. The van der Waals surface area contributed by atoms with Crippen molar-refractivity contribution in [2.45, 2.75) is 5.41 Å². The Hall–Kier alpha value is -7.10. The molecule has 54 heavy (non-hydrogen) atoms. The molecular formula is C51H32N2O. The van der Waals surface area contributed by atoms with Gasteiger partial charge >= 0.3 is 0 Å². The summed E-state index contributed by atoms with van der Waals surface area (Å²) in [6, 6.07) is 69.0. The lowest BCUT2D eigenvalue weighted by Crippen LogP contribution is -2.28. The van der Waals surface area contributed by atoms with E-state index in [0.29, 0.717) is 5.82 Å². The van der Waals surface area contributed by atoms with Crippen LogP contribution in [-0.4, -0.2) is 9.97 Å². The number of hydrogen-bond acceptors (Lipinski definition) is 3. The minimum atomic E-state index is -0.485. The van der Waals surface area contributed by atoms with Crippen molar-refractivity contribution in [1.29, 1.82) is 0 Å². The lowest BCUT2D eigenvalue weighted by molar-refractivity contribution is 0.666. The molecule has 3 heteroatoms. The first kappa shape index (κ1) is 30.5. The Morgan fingerprint density at radius 2 is 0.963 bits per heavy atom. The highest BCUT2D eigenvalue weighted by Gasteiger charge is 2.46. The maximum atomic E-state index is 6.70. The molecule has 0 unspecified atom stereocenters. The van der Waals surface area contributed by atoms with E-state index in [1.165, 1.54) is 44.5 Å². The number of fused-ring (bicyclic) bond motifs is 7. The third kappa shape index (κ3) is 4.55. The molecule has 3 nitrogen and oxygen atoms in total. The highest BCUT2D eigenvalue weighted by atomic mass is 16.3. The predicted octanol–water partition coefficient (Wildman–Crippen LogP) is 12.9. The topological polar surface area (TPSA) is 38.9 Å². The summed E-state index contributed by atoms with van der Waals surface area (Å²) in [5, 5.41) is 3.15.